The molecule has 0 radical (unpaired) electrons. The summed E-state index contributed by atoms with van der Waals surface area (Å²) in [5.41, 5.74) is 1.75. The minimum Gasteiger partial charge on any atom is -0.337 e. The lowest BCUT2D eigenvalue weighted by atomic mass is 10.1. The number of nitrogens with zero attached hydrogens (tertiary/aromatic N) is 4. The molecule has 3 aromatic rings. The van der Waals surface area contributed by atoms with E-state index >= 15 is 0 Å². The van der Waals surface area contributed by atoms with Crippen LogP contribution in [0, 0.1) is 15.9 Å². The van der Waals surface area contributed by atoms with Crippen molar-refractivity contribution in [3.8, 4) is 16.9 Å². The molecule has 0 unspecified atom stereocenters. The first-order valence-corrected chi connectivity index (χ1v) is 9.84. The van der Waals surface area contributed by atoms with Gasteiger partial charge in [-0.3, -0.25) is 14.9 Å². The average Bonchev–Trinajstić information content (AvgIpc) is 3.19. The second-order valence-corrected chi connectivity index (χ2v) is 6.90. The van der Waals surface area contributed by atoms with E-state index in [2.05, 4.69) is 5.10 Å². The van der Waals surface area contributed by atoms with E-state index < -0.39 is 4.92 Å². The highest BCUT2D eigenvalue weighted by atomic mass is 19.1. The van der Waals surface area contributed by atoms with Crippen molar-refractivity contribution in [3.63, 3.8) is 0 Å². The van der Waals surface area contributed by atoms with E-state index in [1.807, 2.05) is 13.8 Å². The van der Waals surface area contributed by atoms with Gasteiger partial charge in [0.25, 0.3) is 11.6 Å². The molecule has 0 saturated heterocycles. The van der Waals surface area contributed by atoms with Gasteiger partial charge in [-0.2, -0.15) is 5.10 Å². The molecule has 1 heterocycles. The summed E-state index contributed by atoms with van der Waals surface area (Å²) in [4.78, 5) is 25.8. The average molecular weight is 410 g/mol. The molecule has 0 aliphatic heterocycles. The fourth-order valence-corrected chi connectivity index (χ4v) is 3.25. The summed E-state index contributed by atoms with van der Waals surface area (Å²) in [6.07, 6.45) is 1.61. The van der Waals surface area contributed by atoms with Gasteiger partial charge in [-0.1, -0.05) is 19.9 Å². The monoisotopic (exact) mass is 410 g/mol. The number of nitro benzene ring substituents is 1. The van der Waals surface area contributed by atoms with E-state index in [0.29, 0.717) is 35.7 Å². The van der Waals surface area contributed by atoms with Gasteiger partial charge >= 0.3 is 0 Å². The second-order valence-electron chi connectivity index (χ2n) is 6.90. The van der Waals surface area contributed by atoms with E-state index in [0.717, 1.165) is 12.8 Å². The van der Waals surface area contributed by atoms with Crippen LogP contribution in [0.2, 0.25) is 0 Å². The molecule has 3 rings (SSSR count). The van der Waals surface area contributed by atoms with Gasteiger partial charge in [0.2, 0.25) is 0 Å². The first-order chi connectivity index (χ1) is 14.4. The summed E-state index contributed by atoms with van der Waals surface area (Å²) in [6.45, 7) is 5.19. The molecule has 1 aromatic heterocycles. The van der Waals surface area contributed by atoms with Crippen molar-refractivity contribution in [1.82, 2.24) is 14.7 Å². The molecule has 30 heavy (non-hydrogen) atoms. The Morgan fingerprint density at radius 3 is 2.37 bits per heavy atom. The minimum absolute atomic E-state index is 0.0938. The van der Waals surface area contributed by atoms with E-state index in [-0.39, 0.29) is 17.4 Å². The van der Waals surface area contributed by atoms with Crippen molar-refractivity contribution in [1.29, 1.82) is 0 Å². The number of rotatable bonds is 8. The number of hydrogen-bond donors (Lipinski definition) is 0. The zero-order chi connectivity index (χ0) is 21.7. The number of benzene rings is 2. The van der Waals surface area contributed by atoms with E-state index in [4.69, 9.17) is 0 Å². The van der Waals surface area contributed by atoms with E-state index in [1.165, 1.54) is 28.9 Å². The van der Waals surface area contributed by atoms with Crippen LogP contribution in [0.5, 0.6) is 0 Å². The SMILES string of the molecule is CCCN(CCC)C(=O)c1cc(-c2ccc(F)cc2)nn1-c1cccc([N+](=O)[O-])c1. The van der Waals surface area contributed by atoms with Gasteiger partial charge in [0.05, 0.1) is 16.3 Å². The molecule has 0 N–H and O–H groups in total. The standard InChI is InChI=1S/C22H23FN4O3/c1-3-12-25(13-4-2)22(28)21-15-20(16-8-10-17(23)11-9-16)24-26(21)18-6-5-7-19(14-18)27(29)30/h5-11,14-15H,3-4,12-13H2,1-2H3. The quantitative estimate of drug-likeness (QED) is 0.393. The highest BCUT2D eigenvalue weighted by Gasteiger charge is 2.23. The molecular weight excluding hydrogens is 387 g/mol. The number of carbonyl (C=O) groups is 1. The third-order valence-electron chi connectivity index (χ3n) is 4.63. The molecule has 0 fully saturated rings. The maximum atomic E-state index is 13.3. The number of hydrogen-bond acceptors (Lipinski definition) is 4. The Morgan fingerprint density at radius 2 is 1.77 bits per heavy atom. The summed E-state index contributed by atoms with van der Waals surface area (Å²) >= 11 is 0. The molecule has 0 saturated carbocycles. The first kappa shape index (κ1) is 21.2. The Labute approximate surface area is 173 Å². The van der Waals surface area contributed by atoms with Crippen LogP contribution in [0.1, 0.15) is 37.2 Å². The van der Waals surface area contributed by atoms with Crippen LogP contribution in [-0.2, 0) is 0 Å². The van der Waals surface area contributed by atoms with Gasteiger partial charge in [0, 0.05) is 30.8 Å². The first-order valence-electron chi connectivity index (χ1n) is 9.84. The second kappa shape index (κ2) is 9.30. The van der Waals surface area contributed by atoms with Crippen LogP contribution in [0.3, 0.4) is 0 Å². The number of amides is 1. The largest absolute Gasteiger partial charge is 0.337 e. The molecule has 7 nitrogen and oxygen atoms in total. The fourth-order valence-electron chi connectivity index (χ4n) is 3.25. The van der Waals surface area contributed by atoms with E-state index in [1.54, 1.807) is 35.2 Å². The van der Waals surface area contributed by atoms with Crippen molar-refractivity contribution < 1.29 is 14.1 Å². The molecule has 0 spiro atoms. The fraction of sp³-hybridized carbons (Fsp3) is 0.273. The topological polar surface area (TPSA) is 81.3 Å². The van der Waals surface area contributed by atoms with Crippen molar-refractivity contribution in [2.24, 2.45) is 0 Å². The number of aromatic nitrogens is 2. The van der Waals surface area contributed by atoms with Gasteiger partial charge in [-0.05, 0) is 49.2 Å². The van der Waals surface area contributed by atoms with Gasteiger partial charge in [-0.15, -0.1) is 0 Å². The van der Waals surface area contributed by atoms with Crippen molar-refractivity contribution in [2.45, 2.75) is 26.7 Å². The van der Waals surface area contributed by atoms with Crippen LogP contribution in [0.25, 0.3) is 16.9 Å². The lowest BCUT2D eigenvalue weighted by Crippen LogP contribution is -2.33. The molecule has 8 heteroatoms. The molecule has 0 aliphatic carbocycles. The smallest absolute Gasteiger partial charge is 0.272 e. The van der Waals surface area contributed by atoms with Crippen LogP contribution in [-0.4, -0.2) is 38.6 Å². The van der Waals surface area contributed by atoms with Crippen molar-refractivity contribution >= 4 is 11.6 Å². The van der Waals surface area contributed by atoms with Gasteiger partial charge in [-0.25, -0.2) is 9.07 Å². The Kier molecular flexibility index (Phi) is 6.56. The van der Waals surface area contributed by atoms with Gasteiger partial charge in [0.1, 0.15) is 11.5 Å². The lowest BCUT2D eigenvalue weighted by molar-refractivity contribution is -0.384. The number of carbonyl (C=O) groups excluding carboxylic acids is 1. The summed E-state index contributed by atoms with van der Waals surface area (Å²) in [5.74, 6) is -0.573. The normalized spacial score (nSPS) is 10.8. The van der Waals surface area contributed by atoms with Gasteiger partial charge < -0.3 is 4.90 Å². The molecule has 0 atom stereocenters. The zero-order valence-electron chi connectivity index (χ0n) is 16.9. The summed E-state index contributed by atoms with van der Waals surface area (Å²) in [5, 5.41) is 15.7. The summed E-state index contributed by atoms with van der Waals surface area (Å²) in [6, 6.07) is 13.4. The maximum absolute atomic E-state index is 13.3. The maximum Gasteiger partial charge on any atom is 0.272 e. The highest BCUT2D eigenvalue weighted by molar-refractivity contribution is 5.94. The van der Waals surface area contributed by atoms with Crippen LogP contribution >= 0.6 is 0 Å². The Balaban J connectivity index is 2.13. The minimum atomic E-state index is -0.490. The number of nitro groups is 1. The van der Waals surface area contributed by atoms with Crippen molar-refractivity contribution in [3.05, 3.63) is 76.2 Å². The van der Waals surface area contributed by atoms with Crippen LogP contribution in [0.15, 0.2) is 54.6 Å². The highest BCUT2D eigenvalue weighted by Crippen LogP contribution is 2.25. The van der Waals surface area contributed by atoms with Crippen molar-refractivity contribution in [2.75, 3.05) is 13.1 Å². The molecule has 0 aliphatic rings. The predicted molar refractivity (Wildman–Crippen MR) is 112 cm³/mol. The molecule has 156 valence electrons. The number of halogens is 1. The molecule has 1 amide bonds. The Bertz CT molecular complexity index is 1040. The van der Waals surface area contributed by atoms with E-state index in [9.17, 15) is 19.3 Å². The third-order valence-corrected chi connectivity index (χ3v) is 4.63. The Hall–Kier alpha value is -3.55. The lowest BCUT2D eigenvalue weighted by Gasteiger charge is -2.21. The molecule has 2 aromatic carbocycles. The Morgan fingerprint density at radius 1 is 1.10 bits per heavy atom. The summed E-state index contributed by atoms with van der Waals surface area (Å²) < 4.78 is 14.7. The van der Waals surface area contributed by atoms with Crippen LogP contribution < -0.4 is 0 Å². The molecular formula is C22H23FN4O3. The van der Waals surface area contributed by atoms with Crippen LogP contribution in [0.4, 0.5) is 10.1 Å². The number of non-ortho nitro benzene ring substituents is 1. The third kappa shape index (κ3) is 4.53. The molecule has 0 bridgehead atoms. The summed E-state index contributed by atoms with van der Waals surface area (Å²) in [7, 11) is 0. The predicted octanol–water partition coefficient (Wildman–Crippen LogP) is 4.85. The van der Waals surface area contributed by atoms with Gasteiger partial charge in [0.15, 0.2) is 0 Å². The zero-order valence-corrected chi connectivity index (χ0v) is 16.9.